The topological polar surface area (TPSA) is 111 Å². The molecule has 102 valence electrons. The number of amides is 1. The van der Waals surface area contributed by atoms with E-state index in [-0.39, 0.29) is 30.3 Å². The van der Waals surface area contributed by atoms with Crippen molar-refractivity contribution in [3.63, 3.8) is 0 Å². The number of carbonyl (C=O) groups is 1. The van der Waals surface area contributed by atoms with Crippen LogP contribution in [0.1, 0.15) is 0 Å². The van der Waals surface area contributed by atoms with Crippen LogP contribution in [0.2, 0.25) is 0 Å². The average molecular weight is 268 g/mol. The van der Waals surface area contributed by atoms with Gasteiger partial charge in [-0.15, -0.1) is 0 Å². The van der Waals surface area contributed by atoms with Crippen molar-refractivity contribution in [3.05, 3.63) is 28.3 Å². The van der Waals surface area contributed by atoms with E-state index in [0.717, 1.165) is 0 Å². The number of rotatable bonds is 3. The number of benzene rings is 1. The normalized spacial score (nSPS) is 18.8. The minimum absolute atomic E-state index is 0.0766. The maximum atomic E-state index is 11.8. The van der Waals surface area contributed by atoms with Gasteiger partial charge in [-0.05, 0) is 6.07 Å². The Kier molecular flexibility index (Phi) is 3.93. The molecule has 1 amide bonds. The van der Waals surface area contributed by atoms with E-state index < -0.39 is 16.9 Å². The van der Waals surface area contributed by atoms with Gasteiger partial charge in [-0.1, -0.05) is 6.07 Å². The molecule has 1 aliphatic rings. The predicted molar refractivity (Wildman–Crippen MR) is 63.9 cm³/mol. The highest BCUT2D eigenvalue weighted by Gasteiger charge is 2.26. The molecule has 8 heteroatoms. The van der Waals surface area contributed by atoms with Crippen molar-refractivity contribution in [2.75, 3.05) is 25.1 Å². The Morgan fingerprint density at radius 1 is 1.47 bits per heavy atom. The maximum Gasteiger partial charge on any atom is 0.296 e. The second-order valence-electron chi connectivity index (χ2n) is 3.85. The number of anilines is 1. The highest BCUT2D eigenvalue weighted by atomic mass is 16.6. The summed E-state index contributed by atoms with van der Waals surface area (Å²) in [7, 11) is 0. The molecule has 2 rings (SSSR count). The number of phenolic OH excluding ortho intramolecular Hbond substituents is 1. The third-order valence-corrected chi connectivity index (χ3v) is 2.57. The van der Waals surface area contributed by atoms with Gasteiger partial charge < -0.3 is 19.9 Å². The lowest BCUT2D eigenvalue weighted by Crippen LogP contribution is -2.39. The second kappa shape index (κ2) is 5.63. The van der Waals surface area contributed by atoms with E-state index in [1.54, 1.807) is 0 Å². The van der Waals surface area contributed by atoms with Crippen LogP contribution in [0.25, 0.3) is 0 Å². The highest BCUT2D eigenvalue weighted by Crippen LogP contribution is 2.33. The van der Waals surface area contributed by atoms with E-state index in [1.807, 2.05) is 0 Å². The Labute approximate surface area is 108 Å². The minimum atomic E-state index is -0.840. The number of ether oxygens (including phenoxy) is 2. The molecular formula is C11H12N2O6. The molecule has 1 fully saturated rings. The zero-order valence-corrected chi connectivity index (χ0v) is 9.87. The Bertz CT molecular complexity index is 498. The SMILES string of the molecule is O=C(Nc1c(O)cccc1[N+](=O)[O-])C1COCCO1. The van der Waals surface area contributed by atoms with Crippen molar-refractivity contribution in [2.24, 2.45) is 0 Å². The molecular weight excluding hydrogens is 256 g/mol. The van der Waals surface area contributed by atoms with E-state index in [9.17, 15) is 20.0 Å². The van der Waals surface area contributed by atoms with Crippen LogP contribution >= 0.6 is 0 Å². The van der Waals surface area contributed by atoms with Crippen molar-refractivity contribution in [3.8, 4) is 5.75 Å². The van der Waals surface area contributed by atoms with E-state index in [1.165, 1.54) is 18.2 Å². The Balaban J connectivity index is 2.18. The number of phenols is 1. The molecule has 0 spiro atoms. The molecule has 1 aliphatic heterocycles. The van der Waals surface area contributed by atoms with Gasteiger partial charge in [0.05, 0.1) is 24.7 Å². The van der Waals surface area contributed by atoms with Crippen LogP contribution in [0.4, 0.5) is 11.4 Å². The number of hydrogen-bond acceptors (Lipinski definition) is 6. The summed E-state index contributed by atoms with van der Waals surface area (Å²) in [6.45, 7) is 0.759. The molecule has 0 aromatic heterocycles. The lowest BCUT2D eigenvalue weighted by Gasteiger charge is -2.22. The molecule has 2 N–H and O–H groups in total. The molecule has 0 aliphatic carbocycles. The van der Waals surface area contributed by atoms with Crippen LogP contribution in [0, 0.1) is 10.1 Å². The smallest absolute Gasteiger partial charge is 0.296 e. The van der Waals surface area contributed by atoms with Crippen LogP contribution in [0.3, 0.4) is 0 Å². The Morgan fingerprint density at radius 3 is 2.89 bits per heavy atom. The summed E-state index contributed by atoms with van der Waals surface area (Å²) >= 11 is 0. The van der Waals surface area contributed by atoms with Crippen LogP contribution in [-0.4, -0.2) is 41.9 Å². The lowest BCUT2D eigenvalue weighted by atomic mass is 10.2. The van der Waals surface area contributed by atoms with E-state index in [0.29, 0.717) is 6.61 Å². The summed E-state index contributed by atoms with van der Waals surface area (Å²) in [5.41, 5.74) is -0.628. The van der Waals surface area contributed by atoms with Crippen molar-refractivity contribution in [2.45, 2.75) is 6.10 Å². The number of nitrogens with zero attached hydrogens (tertiary/aromatic N) is 1. The van der Waals surface area contributed by atoms with Crippen molar-refractivity contribution < 1.29 is 24.3 Å². The lowest BCUT2D eigenvalue weighted by molar-refractivity contribution is -0.384. The highest BCUT2D eigenvalue weighted by molar-refractivity contribution is 5.97. The van der Waals surface area contributed by atoms with Gasteiger partial charge in [0.15, 0.2) is 11.8 Å². The fraction of sp³-hybridized carbons (Fsp3) is 0.364. The molecule has 19 heavy (non-hydrogen) atoms. The van der Waals surface area contributed by atoms with Gasteiger partial charge in [-0.3, -0.25) is 14.9 Å². The zero-order valence-electron chi connectivity index (χ0n) is 9.87. The number of carbonyl (C=O) groups excluding carboxylic acids is 1. The van der Waals surface area contributed by atoms with Crippen LogP contribution in [0.15, 0.2) is 18.2 Å². The maximum absolute atomic E-state index is 11.8. The molecule has 1 heterocycles. The molecule has 1 aromatic carbocycles. The largest absolute Gasteiger partial charge is 0.505 e. The number of hydrogen-bond donors (Lipinski definition) is 2. The third kappa shape index (κ3) is 2.98. The van der Waals surface area contributed by atoms with E-state index >= 15 is 0 Å². The van der Waals surface area contributed by atoms with Gasteiger partial charge in [0.1, 0.15) is 5.75 Å². The standard InChI is InChI=1S/C11H12N2O6/c14-8-3-1-2-7(13(16)17)10(8)12-11(15)9-6-18-4-5-19-9/h1-3,9,14H,4-6H2,(H,12,15). The Hall–Kier alpha value is -2.19. The van der Waals surface area contributed by atoms with Gasteiger partial charge in [0, 0.05) is 6.07 Å². The van der Waals surface area contributed by atoms with E-state index in [4.69, 9.17) is 9.47 Å². The van der Waals surface area contributed by atoms with Gasteiger partial charge in [0.2, 0.25) is 0 Å². The van der Waals surface area contributed by atoms with Gasteiger partial charge in [-0.25, -0.2) is 0 Å². The van der Waals surface area contributed by atoms with Crippen molar-refractivity contribution in [1.29, 1.82) is 0 Å². The fourth-order valence-corrected chi connectivity index (χ4v) is 1.65. The van der Waals surface area contributed by atoms with Crippen molar-refractivity contribution in [1.82, 2.24) is 0 Å². The number of nitro groups is 1. The number of nitro benzene ring substituents is 1. The summed E-state index contributed by atoms with van der Waals surface area (Å²) in [4.78, 5) is 22.0. The summed E-state index contributed by atoms with van der Waals surface area (Å²) in [5.74, 6) is -0.969. The van der Waals surface area contributed by atoms with Gasteiger partial charge >= 0.3 is 0 Å². The van der Waals surface area contributed by atoms with Crippen LogP contribution < -0.4 is 5.32 Å². The predicted octanol–water partition coefficient (Wildman–Crippen LogP) is 0.654. The first-order chi connectivity index (χ1) is 9.09. The van der Waals surface area contributed by atoms with Crippen molar-refractivity contribution >= 4 is 17.3 Å². The summed E-state index contributed by atoms with van der Waals surface area (Å²) < 4.78 is 10.2. The first kappa shape index (κ1) is 13.2. The van der Waals surface area contributed by atoms with E-state index in [2.05, 4.69) is 5.32 Å². The summed E-state index contributed by atoms with van der Waals surface area (Å²) in [6.07, 6.45) is -0.840. The number of aromatic hydroxyl groups is 1. The molecule has 1 atom stereocenters. The summed E-state index contributed by atoms with van der Waals surface area (Å²) in [6, 6.07) is 3.76. The Morgan fingerprint density at radius 2 is 2.26 bits per heavy atom. The minimum Gasteiger partial charge on any atom is -0.505 e. The first-order valence-electron chi connectivity index (χ1n) is 5.56. The quantitative estimate of drug-likeness (QED) is 0.473. The van der Waals surface area contributed by atoms with Gasteiger partial charge in [0.25, 0.3) is 11.6 Å². The molecule has 8 nitrogen and oxygen atoms in total. The second-order valence-corrected chi connectivity index (χ2v) is 3.85. The number of para-hydroxylation sites is 1. The fourth-order valence-electron chi connectivity index (χ4n) is 1.65. The van der Waals surface area contributed by atoms with Crippen LogP contribution in [0.5, 0.6) is 5.75 Å². The van der Waals surface area contributed by atoms with Gasteiger partial charge in [-0.2, -0.15) is 0 Å². The average Bonchev–Trinajstić information content (AvgIpc) is 2.41. The molecule has 1 aromatic rings. The first-order valence-corrected chi connectivity index (χ1v) is 5.56. The molecule has 0 radical (unpaired) electrons. The molecule has 0 bridgehead atoms. The molecule has 1 saturated heterocycles. The monoisotopic (exact) mass is 268 g/mol. The molecule has 1 unspecified atom stereocenters. The zero-order chi connectivity index (χ0) is 13.8. The van der Waals surface area contributed by atoms with Crippen LogP contribution in [-0.2, 0) is 14.3 Å². The molecule has 0 saturated carbocycles. The summed E-state index contributed by atoms with van der Waals surface area (Å²) in [5, 5.41) is 22.7. The number of nitrogens with one attached hydrogen (secondary N) is 1. The third-order valence-electron chi connectivity index (χ3n) is 2.57.